The predicted molar refractivity (Wildman–Crippen MR) is 89.8 cm³/mol. The Balaban J connectivity index is 1.86. The summed E-state index contributed by atoms with van der Waals surface area (Å²) in [4.78, 5) is 0. The van der Waals surface area contributed by atoms with Crippen LogP contribution in [0.1, 0.15) is 44.6 Å². The van der Waals surface area contributed by atoms with Crippen molar-refractivity contribution in [3.63, 3.8) is 0 Å². The van der Waals surface area contributed by atoms with Gasteiger partial charge in [-0.05, 0) is 48.8 Å². The van der Waals surface area contributed by atoms with Gasteiger partial charge >= 0.3 is 0 Å². The summed E-state index contributed by atoms with van der Waals surface area (Å²) < 4.78 is 30.4. The lowest BCUT2D eigenvalue weighted by Gasteiger charge is -2.30. The lowest BCUT2D eigenvalue weighted by atomic mass is 9.90. The Morgan fingerprint density at radius 3 is 2.27 bits per heavy atom. The number of benzene rings is 1. The van der Waals surface area contributed by atoms with Gasteiger partial charge in [-0.15, -0.1) is 0 Å². The van der Waals surface area contributed by atoms with Gasteiger partial charge in [-0.2, -0.15) is 0 Å². The topological polar surface area (TPSA) is 46.6 Å². The molecule has 1 heterocycles. The zero-order valence-corrected chi connectivity index (χ0v) is 14.6. The Morgan fingerprint density at radius 1 is 1.18 bits per heavy atom. The van der Waals surface area contributed by atoms with Gasteiger partial charge in [0.05, 0.1) is 12.9 Å². The van der Waals surface area contributed by atoms with E-state index in [-0.39, 0.29) is 0 Å². The van der Waals surface area contributed by atoms with E-state index in [2.05, 4.69) is 26.0 Å². The molecule has 4 nitrogen and oxygen atoms in total. The van der Waals surface area contributed by atoms with E-state index in [1.807, 2.05) is 12.1 Å². The van der Waals surface area contributed by atoms with Gasteiger partial charge in [-0.3, -0.25) is 0 Å². The van der Waals surface area contributed by atoms with Gasteiger partial charge in [0.1, 0.15) is 5.75 Å². The number of ether oxygens (including phenoxy) is 1. The summed E-state index contributed by atoms with van der Waals surface area (Å²) in [7, 11) is -3.04. The first-order chi connectivity index (χ1) is 10.4. The highest BCUT2D eigenvalue weighted by Gasteiger charge is 2.25. The van der Waals surface area contributed by atoms with E-state index in [1.54, 1.807) is 4.31 Å². The molecule has 0 aliphatic carbocycles. The lowest BCUT2D eigenvalue weighted by Crippen LogP contribution is -2.37. The molecule has 1 aromatic carbocycles. The van der Waals surface area contributed by atoms with Gasteiger partial charge in [0.2, 0.25) is 10.0 Å². The predicted octanol–water partition coefficient (Wildman–Crippen LogP) is 3.25. The van der Waals surface area contributed by atoms with Crippen LogP contribution in [0.4, 0.5) is 0 Å². The van der Waals surface area contributed by atoms with Crippen LogP contribution in [0.25, 0.3) is 0 Å². The van der Waals surface area contributed by atoms with Crippen molar-refractivity contribution in [1.82, 2.24) is 4.31 Å². The quantitative estimate of drug-likeness (QED) is 0.806. The summed E-state index contributed by atoms with van der Waals surface area (Å²) in [6.45, 7) is 6.38. The highest BCUT2D eigenvalue weighted by atomic mass is 32.2. The normalized spacial score (nSPS) is 17.8. The van der Waals surface area contributed by atoms with Gasteiger partial charge in [-0.1, -0.05) is 26.0 Å². The average molecular weight is 325 g/mol. The second-order valence-corrected chi connectivity index (χ2v) is 8.52. The Kier molecular flexibility index (Phi) is 5.87. The van der Waals surface area contributed by atoms with E-state index >= 15 is 0 Å². The fourth-order valence-electron chi connectivity index (χ4n) is 2.77. The third-order valence-electron chi connectivity index (χ3n) is 4.24. The second-order valence-electron chi connectivity index (χ2n) is 6.54. The third kappa shape index (κ3) is 4.99. The molecule has 124 valence electrons. The zero-order valence-electron chi connectivity index (χ0n) is 13.8. The SMILES string of the molecule is CC(C)CCOc1ccc(C2CCN(S(C)(=O)=O)CC2)cc1. The molecule has 0 unspecified atom stereocenters. The monoisotopic (exact) mass is 325 g/mol. The van der Waals surface area contributed by atoms with E-state index in [9.17, 15) is 8.42 Å². The molecule has 0 N–H and O–H groups in total. The fourth-order valence-corrected chi connectivity index (χ4v) is 3.64. The summed E-state index contributed by atoms with van der Waals surface area (Å²) in [5.41, 5.74) is 1.28. The minimum atomic E-state index is -3.04. The number of piperidine rings is 1. The van der Waals surface area contributed by atoms with Crippen LogP contribution in [0.5, 0.6) is 5.75 Å². The molecule has 1 aliphatic heterocycles. The molecule has 1 saturated heterocycles. The minimum absolute atomic E-state index is 0.447. The van der Waals surface area contributed by atoms with Crippen LogP contribution in [0.15, 0.2) is 24.3 Å². The minimum Gasteiger partial charge on any atom is -0.494 e. The molecule has 0 atom stereocenters. The summed E-state index contributed by atoms with van der Waals surface area (Å²) in [5, 5.41) is 0. The molecule has 22 heavy (non-hydrogen) atoms. The van der Waals surface area contributed by atoms with E-state index in [0.717, 1.165) is 31.6 Å². The molecule has 0 radical (unpaired) electrons. The maximum absolute atomic E-state index is 11.5. The van der Waals surface area contributed by atoms with Crippen LogP contribution >= 0.6 is 0 Å². The average Bonchev–Trinajstić information content (AvgIpc) is 2.47. The van der Waals surface area contributed by atoms with E-state index in [1.165, 1.54) is 11.8 Å². The molecule has 0 amide bonds. The molecule has 0 bridgehead atoms. The van der Waals surface area contributed by atoms with E-state index in [0.29, 0.717) is 24.9 Å². The molecular weight excluding hydrogens is 298 g/mol. The van der Waals surface area contributed by atoms with E-state index in [4.69, 9.17) is 4.74 Å². The summed E-state index contributed by atoms with van der Waals surface area (Å²) >= 11 is 0. The van der Waals surface area contributed by atoms with Crippen LogP contribution < -0.4 is 4.74 Å². The third-order valence-corrected chi connectivity index (χ3v) is 5.54. The maximum Gasteiger partial charge on any atom is 0.211 e. The lowest BCUT2D eigenvalue weighted by molar-refractivity contribution is 0.289. The van der Waals surface area contributed by atoms with Crippen LogP contribution in [-0.4, -0.2) is 38.7 Å². The van der Waals surface area contributed by atoms with E-state index < -0.39 is 10.0 Å². The molecule has 2 rings (SSSR count). The first kappa shape index (κ1) is 17.3. The first-order valence-corrected chi connectivity index (χ1v) is 9.89. The van der Waals surface area contributed by atoms with Crippen molar-refractivity contribution in [2.24, 2.45) is 5.92 Å². The molecule has 1 aromatic rings. The molecule has 0 saturated carbocycles. The second kappa shape index (κ2) is 7.47. The Bertz CT molecular complexity index is 558. The van der Waals surface area contributed by atoms with Crippen molar-refractivity contribution >= 4 is 10.0 Å². The Morgan fingerprint density at radius 2 is 1.77 bits per heavy atom. The van der Waals surface area contributed by atoms with Gasteiger partial charge in [0.25, 0.3) is 0 Å². The van der Waals surface area contributed by atoms with Crippen LogP contribution in [0, 0.1) is 5.92 Å². The van der Waals surface area contributed by atoms with Crippen LogP contribution in [-0.2, 0) is 10.0 Å². The number of hydrogen-bond donors (Lipinski definition) is 0. The zero-order chi connectivity index (χ0) is 16.2. The molecular formula is C17H27NO3S. The summed E-state index contributed by atoms with van der Waals surface area (Å²) in [6, 6.07) is 8.29. The van der Waals surface area contributed by atoms with Gasteiger partial charge in [-0.25, -0.2) is 12.7 Å². The maximum atomic E-state index is 11.5. The van der Waals surface area contributed by atoms with Gasteiger partial charge in [0.15, 0.2) is 0 Å². The van der Waals surface area contributed by atoms with Crippen molar-refractivity contribution in [3.05, 3.63) is 29.8 Å². The molecule has 0 spiro atoms. The Labute approximate surface area is 134 Å². The Hall–Kier alpha value is -1.07. The summed E-state index contributed by atoms with van der Waals surface area (Å²) in [6.07, 6.45) is 4.13. The highest BCUT2D eigenvalue weighted by Crippen LogP contribution is 2.30. The van der Waals surface area contributed by atoms with Crippen LogP contribution in [0.2, 0.25) is 0 Å². The molecule has 1 aliphatic rings. The standard InChI is InChI=1S/C17H27NO3S/c1-14(2)10-13-21-17-6-4-15(5-7-17)16-8-11-18(12-9-16)22(3,19)20/h4-7,14,16H,8-13H2,1-3H3. The number of hydrogen-bond acceptors (Lipinski definition) is 3. The smallest absolute Gasteiger partial charge is 0.211 e. The van der Waals surface area contributed by atoms with Crippen molar-refractivity contribution in [2.45, 2.75) is 39.0 Å². The van der Waals surface area contributed by atoms with Crippen LogP contribution in [0.3, 0.4) is 0 Å². The largest absolute Gasteiger partial charge is 0.494 e. The first-order valence-electron chi connectivity index (χ1n) is 8.04. The number of sulfonamides is 1. The molecule has 0 aromatic heterocycles. The van der Waals surface area contributed by atoms with Crippen molar-refractivity contribution in [3.8, 4) is 5.75 Å². The van der Waals surface area contributed by atoms with Crippen molar-refractivity contribution < 1.29 is 13.2 Å². The van der Waals surface area contributed by atoms with Gasteiger partial charge in [0, 0.05) is 13.1 Å². The van der Waals surface area contributed by atoms with Crippen molar-refractivity contribution in [2.75, 3.05) is 26.0 Å². The number of rotatable bonds is 6. The highest BCUT2D eigenvalue weighted by molar-refractivity contribution is 7.88. The number of nitrogens with zero attached hydrogens (tertiary/aromatic N) is 1. The van der Waals surface area contributed by atoms with Crippen molar-refractivity contribution in [1.29, 1.82) is 0 Å². The van der Waals surface area contributed by atoms with Gasteiger partial charge < -0.3 is 4.74 Å². The molecule has 5 heteroatoms. The molecule has 1 fully saturated rings. The fraction of sp³-hybridized carbons (Fsp3) is 0.647. The summed E-state index contributed by atoms with van der Waals surface area (Å²) in [5.74, 6) is 2.01.